The topological polar surface area (TPSA) is 118 Å². The van der Waals surface area contributed by atoms with Gasteiger partial charge in [-0.25, -0.2) is 9.59 Å². The van der Waals surface area contributed by atoms with Gasteiger partial charge in [-0.1, -0.05) is 6.92 Å². The molecule has 1 aliphatic carbocycles. The maximum absolute atomic E-state index is 12.9. The van der Waals surface area contributed by atoms with Crippen LogP contribution in [0.1, 0.15) is 40.4 Å². The van der Waals surface area contributed by atoms with Gasteiger partial charge in [0.2, 0.25) is 6.79 Å². The smallest absolute Gasteiger partial charge is 0.341 e. The van der Waals surface area contributed by atoms with Gasteiger partial charge in [0.25, 0.3) is 0 Å². The highest BCUT2D eigenvalue weighted by atomic mass is 16.7. The number of carboxylic acid groups (broad SMARTS) is 1. The molecule has 0 saturated carbocycles. The van der Waals surface area contributed by atoms with Crippen molar-refractivity contribution in [1.29, 1.82) is 0 Å². The normalized spacial score (nSPS) is 24.8. The van der Waals surface area contributed by atoms with Crippen LogP contribution in [0.25, 0.3) is 0 Å². The Morgan fingerprint density at radius 2 is 1.75 bits per heavy atom. The molecule has 4 atom stereocenters. The predicted molar refractivity (Wildman–Crippen MR) is 107 cm³/mol. The van der Waals surface area contributed by atoms with E-state index in [9.17, 15) is 14.4 Å². The van der Waals surface area contributed by atoms with E-state index < -0.39 is 30.6 Å². The third-order valence-electron chi connectivity index (χ3n) is 6.14. The van der Waals surface area contributed by atoms with Crippen LogP contribution in [0.5, 0.6) is 17.2 Å². The fourth-order valence-corrected chi connectivity index (χ4v) is 4.61. The highest BCUT2D eigenvalue weighted by Crippen LogP contribution is 2.53. The molecule has 0 amide bonds. The van der Waals surface area contributed by atoms with Crippen LogP contribution >= 0.6 is 0 Å². The average Bonchev–Trinajstić information content (AvgIpc) is 3.40. The summed E-state index contributed by atoms with van der Waals surface area (Å²) in [7, 11) is 0. The molecule has 3 aliphatic rings. The Bertz CT molecular complexity index is 1090. The van der Waals surface area contributed by atoms with Gasteiger partial charge in [-0.3, -0.25) is 4.79 Å². The van der Waals surface area contributed by atoms with E-state index in [1.165, 1.54) is 24.3 Å². The maximum atomic E-state index is 12.9. The molecule has 0 aromatic heterocycles. The Labute approximate surface area is 182 Å². The van der Waals surface area contributed by atoms with E-state index in [1.807, 2.05) is 19.1 Å². The van der Waals surface area contributed by atoms with Crippen LogP contribution in [-0.2, 0) is 19.1 Å². The fraction of sp³-hybridized carbons (Fsp3) is 0.348. The zero-order chi connectivity index (χ0) is 22.4. The molecule has 2 heterocycles. The molecule has 2 aliphatic heterocycles. The van der Waals surface area contributed by atoms with Crippen molar-refractivity contribution in [2.75, 3.05) is 20.0 Å². The Balaban J connectivity index is 1.43. The Morgan fingerprint density at radius 1 is 1.06 bits per heavy atom. The van der Waals surface area contributed by atoms with Crippen molar-refractivity contribution in [2.45, 2.75) is 18.9 Å². The minimum atomic E-state index is -1.09. The summed E-state index contributed by atoms with van der Waals surface area (Å²) in [6, 6.07) is 9.66. The number of carboxylic acids is 1. The number of rotatable bonds is 5. The van der Waals surface area contributed by atoms with E-state index in [0.717, 1.165) is 11.1 Å². The zero-order valence-corrected chi connectivity index (χ0v) is 17.1. The molecule has 9 nitrogen and oxygen atoms in total. The Kier molecular flexibility index (Phi) is 4.88. The largest absolute Gasteiger partial charge is 0.482 e. The highest BCUT2D eigenvalue weighted by molar-refractivity contribution is 5.90. The van der Waals surface area contributed by atoms with Gasteiger partial charge < -0.3 is 28.8 Å². The summed E-state index contributed by atoms with van der Waals surface area (Å²) in [4.78, 5) is 36.0. The summed E-state index contributed by atoms with van der Waals surface area (Å²) in [6.45, 7) is 1.76. The highest BCUT2D eigenvalue weighted by Gasteiger charge is 2.52. The van der Waals surface area contributed by atoms with E-state index in [4.69, 9.17) is 28.8 Å². The molecule has 2 aromatic carbocycles. The first kappa shape index (κ1) is 20.2. The molecule has 0 spiro atoms. The van der Waals surface area contributed by atoms with E-state index in [0.29, 0.717) is 17.2 Å². The average molecular weight is 440 g/mol. The van der Waals surface area contributed by atoms with E-state index in [1.54, 1.807) is 0 Å². The molecular weight excluding hydrogens is 420 g/mol. The number of carbonyl (C=O) groups excluding carboxylic acids is 2. The van der Waals surface area contributed by atoms with Gasteiger partial charge in [-0.15, -0.1) is 0 Å². The lowest BCUT2D eigenvalue weighted by atomic mass is 9.69. The summed E-state index contributed by atoms with van der Waals surface area (Å²) in [5.41, 5.74) is 1.91. The summed E-state index contributed by atoms with van der Waals surface area (Å²) in [6.07, 6.45) is -0.692. The SMILES string of the molecule is C[C@@H]1c2cc3c(cc2[C@H](OC(=O)c2ccc(OCC(=O)O)cc2)C2COC(=O)C21)OCO3. The quantitative estimate of drug-likeness (QED) is 0.700. The van der Waals surface area contributed by atoms with Crippen molar-refractivity contribution in [3.8, 4) is 17.2 Å². The second kappa shape index (κ2) is 7.74. The van der Waals surface area contributed by atoms with Crippen LogP contribution in [0, 0.1) is 11.8 Å². The van der Waals surface area contributed by atoms with Crippen LogP contribution in [0.4, 0.5) is 0 Å². The number of benzene rings is 2. The van der Waals surface area contributed by atoms with Crippen molar-refractivity contribution in [3.05, 3.63) is 53.1 Å². The lowest BCUT2D eigenvalue weighted by Gasteiger charge is -2.36. The van der Waals surface area contributed by atoms with E-state index >= 15 is 0 Å². The number of hydrogen-bond acceptors (Lipinski definition) is 8. The van der Waals surface area contributed by atoms with Crippen LogP contribution in [0.3, 0.4) is 0 Å². The third kappa shape index (κ3) is 3.39. The number of hydrogen-bond donors (Lipinski definition) is 1. The predicted octanol–water partition coefficient (Wildman–Crippen LogP) is 2.68. The molecule has 32 heavy (non-hydrogen) atoms. The lowest BCUT2D eigenvalue weighted by Crippen LogP contribution is -2.35. The molecule has 2 aromatic rings. The first-order valence-corrected chi connectivity index (χ1v) is 10.2. The third-order valence-corrected chi connectivity index (χ3v) is 6.14. The number of aliphatic carboxylic acids is 1. The van der Waals surface area contributed by atoms with Crippen molar-refractivity contribution in [3.63, 3.8) is 0 Å². The van der Waals surface area contributed by atoms with Crippen molar-refractivity contribution >= 4 is 17.9 Å². The fourth-order valence-electron chi connectivity index (χ4n) is 4.61. The molecule has 2 unspecified atom stereocenters. The minimum Gasteiger partial charge on any atom is -0.482 e. The first-order valence-electron chi connectivity index (χ1n) is 10.2. The van der Waals surface area contributed by atoms with Crippen molar-refractivity contribution < 1.29 is 43.2 Å². The summed E-state index contributed by atoms with van der Waals surface area (Å²) in [5.74, 6) is -1.34. The zero-order valence-electron chi connectivity index (χ0n) is 17.1. The monoisotopic (exact) mass is 440 g/mol. The summed E-state index contributed by atoms with van der Waals surface area (Å²) >= 11 is 0. The van der Waals surface area contributed by atoms with Gasteiger partial charge >= 0.3 is 17.9 Å². The van der Waals surface area contributed by atoms with Crippen molar-refractivity contribution in [2.24, 2.45) is 11.8 Å². The number of cyclic esters (lactones) is 1. The van der Waals surface area contributed by atoms with Crippen LogP contribution in [0.2, 0.25) is 0 Å². The van der Waals surface area contributed by atoms with Gasteiger partial charge in [0.05, 0.1) is 18.1 Å². The molecule has 9 heteroatoms. The second-order valence-electron chi connectivity index (χ2n) is 7.98. The van der Waals surface area contributed by atoms with Gasteiger partial charge in [-0.05, 0) is 47.9 Å². The number of esters is 2. The minimum absolute atomic E-state index is 0.113. The first-order chi connectivity index (χ1) is 15.4. The van der Waals surface area contributed by atoms with E-state index in [2.05, 4.69) is 0 Å². The van der Waals surface area contributed by atoms with Gasteiger partial charge in [-0.2, -0.15) is 0 Å². The summed E-state index contributed by atoms with van der Waals surface area (Å²) < 4.78 is 27.3. The van der Waals surface area contributed by atoms with Crippen LogP contribution in [0.15, 0.2) is 36.4 Å². The number of ether oxygens (including phenoxy) is 5. The maximum Gasteiger partial charge on any atom is 0.341 e. The molecular formula is C23H20O9. The Morgan fingerprint density at radius 3 is 2.44 bits per heavy atom. The van der Waals surface area contributed by atoms with Crippen molar-refractivity contribution in [1.82, 2.24) is 0 Å². The lowest BCUT2D eigenvalue weighted by molar-refractivity contribution is -0.142. The molecule has 1 fully saturated rings. The van der Waals surface area contributed by atoms with E-state index in [-0.39, 0.29) is 36.8 Å². The molecule has 166 valence electrons. The van der Waals surface area contributed by atoms with Crippen LogP contribution < -0.4 is 14.2 Å². The van der Waals surface area contributed by atoms with Gasteiger partial charge in [0.1, 0.15) is 11.9 Å². The molecule has 1 saturated heterocycles. The standard InChI is InChI=1S/C23H20O9/c1-11-14-6-17-18(31-10-30-17)7-15(14)21(16-8-29-23(27)20(11)16)32-22(26)12-2-4-13(5-3-12)28-9-19(24)25/h2-7,11,16,20-21H,8-10H2,1H3,(H,24,25)/t11-,16?,20?,21+/m1/s1. The molecule has 1 N–H and O–H groups in total. The van der Waals surface area contributed by atoms with Gasteiger partial charge in [0, 0.05) is 11.5 Å². The summed E-state index contributed by atoms with van der Waals surface area (Å²) in [5, 5.41) is 8.70. The second-order valence-corrected chi connectivity index (χ2v) is 7.98. The molecule has 0 radical (unpaired) electrons. The molecule has 0 bridgehead atoms. The Hall–Kier alpha value is -3.75. The number of fused-ring (bicyclic) bond motifs is 3. The van der Waals surface area contributed by atoms with Crippen LogP contribution in [-0.4, -0.2) is 43.0 Å². The molecule has 5 rings (SSSR count). The number of carbonyl (C=O) groups is 3. The van der Waals surface area contributed by atoms with Gasteiger partial charge in [0.15, 0.2) is 18.1 Å².